The third-order valence-corrected chi connectivity index (χ3v) is 11.5. The van der Waals surface area contributed by atoms with Gasteiger partial charge in [0.2, 0.25) is 11.8 Å². The zero-order valence-electron chi connectivity index (χ0n) is 31.1. The minimum Gasteiger partial charge on any atom is -0.507 e. The lowest BCUT2D eigenvalue weighted by atomic mass is 9.60. The molecular formula is C39H48N8O6. The van der Waals surface area contributed by atoms with Gasteiger partial charge in [-0.2, -0.15) is 4.98 Å². The number of rotatable bonds is 7. The van der Waals surface area contributed by atoms with E-state index >= 15 is 0 Å². The normalized spacial score (nSPS) is 20.5. The molecule has 6 heterocycles. The number of H-pyrrole nitrogens is 1. The van der Waals surface area contributed by atoms with Gasteiger partial charge in [-0.05, 0) is 90.6 Å². The number of aromatic hydroxyl groups is 1. The van der Waals surface area contributed by atoms with E-state index in [4.69, 9.17) is 24.2 Å². The smallest absolute Gasteiger partial charge is 0.410 e. The molecule has 1 aliphatic carbocycles. The van der Waals surface area contributed by atoms with E-state index < -0.39 is 11.6 Å². The molecule has 1 spiro atoms. The van der Waals surface area contributed by atoms with Gasteiger partial charge in [0.05, 0.1) is 18.8 Å². The van der Waals surface area contributed by atoms with Crippen LogP contribution < -0.4 is 9.64 Å². The van der Waals surface area contributed by atoms with Crippen LogP contribution in [0.2, 0.25) is 0 Å². The van der Waals surface area contributed by atoms with Gasteiger partial charge in [-0.1, -0.05) is 12.1 Å². The second kappa shape index (κ2) is 13.5. The fourth-order valence-corrected chi connectivity index (χ4v) is 8.75. The van der Waals surface area contributed by atoms with Crippen LogP contribution in [0, 0.1) is 5.41 Å². The molecule has 280 valence electrons. The summed E-state index contributed by atoms with van der Waals surface area (Å²) in [4.78, 5) is 44.5. The van der Waals surface area contributed by atoms with E-state index in [0.29, 0.717) is 41.3 Å². The predicted molar refractivity (Wildman–Crippen MR) is 197 cm³/mol. The lowest BCUT2D eigenvalue weighted by Gasteiger charge is -2.61. The molecule has 1 aromatic carbocycles. The number of anilines is 1. The first-order chi connectivity index (χ1) is 25.4. The van der Waals surface area contributed by atoms with Crippen LogP contribution in [0.15, 0.2) is 36.5 Å². The van der Waals surface area contributed by atoms with Crippen molar-refractivity contribution in [2.75, 3.05) is 51.3 Å². The van der Waals surface area contributed by atoms with Crippen molar-refractivity contribution in [3.63, 3.8) is 0 Å². The van der Waals surface area contributed by atoms with Gasteiger partial charge >= 0.3 is 12.1 Å². The van der Waals surface area contributed by atoms with Crippen LogP contribution in [-0.4, -0.2) is 110 Å². The molecule has 8 rings (SSSR count). The molecule has 14 heteroatoms. The molecule has 2 saturated heterocycles. The van der Waals surface area contributed by atoms with Gasteiger partial charge in [0.1, 0.15) is 11.4 Å². The van der Waals surface area contributed by atoms with Gasteiger partial charge < -0.3 is 39.0 Å². The molecule has 3 aliphatic heterocycles. The average Bonchev–Trinajstić information content (AvgIpc) is 3.48. The first-order valence-electron chi connectivity index (χ1n) is 18.6. The van der Waals surface area contributed by atoms with Crippen LogP contribution in [0.4, 0.5) is 10.7 Å². The fourth-order valence-electron chi connectivity index (χ4n) is 8.75. The average molecular weight is 725 g/mol. The zero-order valence-corrected chi connectivity index (χ0v) is 31.1. The van der Waals surface area contributed by atoms with Gasteiger partial charge in [-0.3, -0.25) is 0 Å². The van der Waals surface area contributed by atoms with E-state index in [0.717, 1.165) is 80.5 Å². The number of aromatic amines is 1. The van der Waals surface area contributed by atoms with Crippen molar-refractivity contribution in [2.45, 2.75) is 83.4 Å². The Morgan fingerprint density at radius 1 is 1.08 bits per heavy atom. The molecule has 1 atom stereocenters. The molecule has 0 unspecified atom stereocenters. The number of para-hydroxylation sites is 1. The number of phenols is 1. The number of likely N-dealkylation sites (tertiary alicyclic amines) is 2. The molecule has 2 N–H and O–H groups in total. The van der Waals surface area contributed by atoms with Crippen molar-refractivity contribution < 1.29 is 28.9 Å². The van der Waals surface area contributed by atoms with E-state index in [2.05, 4.69) is 31.9 Å². The number of amides is 1. The molecule has 4 aromatic rings. The SMILES string of the molecule is COC(=O)COc1nc(N2CCc3[nH]c4nnc(-c5ccccc5O)cc4c3[C@H]2C)ncc1C1CCN(C2CC3(C2)CN(C(=O)OC(C)(C)C)C3)CC1. The standard InChI is InChI=1S/C39H48N8O6/c1-23-33-27-16-30(26-8-6-7-9-31(26)48)43-44-34(27)41-29(33)12-15-47(23)36-40-19-28(35(42-36)52-20-32(49)51-5)24-10-13-45(14-11-24)25-17-39(18-25)21-46(22-39)37(50)53-38(2,3)4/h6-9,16,19,23-25,48H,10-15,17-18,20-22H2,1-5H3,(H,41,44)/t23-/m1/s1. The number of nitrogens with one attached hydrogen (secondary N) is 1. The summed E-state index contributed by atoms with van der Waals surface area (Å²) in [7, 11) is 1.35. The molecule has 0 bridgehead atoms. The Bertz CT molecular complexity index is 2020. The Labute approximate surface area is 308 Å². The second-order valence-electron chi connectivity index (χ2n) is 16.1. The van der Waals surface area contributed by atoms with E-state index in [1.165, 1.54) is 7.11 Å². The van der Waals surface area contributed by atoms with Gasteiger partial charge in [0, 0.05) is 71.5 Å². The molecule has 3 aromatic heterocycles. The van der Waals surface area contributed by atoms with Crippen molar-refractivity contribution in [2.24, 2.45) is 5.41 Å². The van der Waals surface area contributed by atoms with Gasteiger partial charge in [-0.15, -0.1) is 10.2 Å². The molecule has 4 aliphatic rings. The minimum atomic E-state index is -0.480. The lowest BCUT2D eigenvalue weighted by Crippen LogP contribution is -2.68. The van der Waals surface area contributed by atoms with Crippen molar-refractivity contribution >= 4 is 29.0 Å². The number of esters is 1. The Kier molecular flexibility index (Phi) is 8.91. The molecule has 53 heavy (non-hydrogen) atoms. The fraction of sp³-hybridized carbons (Fsp3) is 0.538. The number of carbonyl (C=O) groups is 2. The monoisotopic (exact) mass is 724 g/mol. The Morgan fingerprint density at radius 2 is 1.83 bits per heavy atom. The van der Waals surface area contributed by atoms with E-state index in [-0.39, 0.29) is 35.8 Å². The van der Waals surface area contributed by atoms with Crippen LogP contribution in [0.1, 0.15) is 82.2 Å². The Morgan fingerprint density at radius 3 is 2.55 bits per heavy atom. The highest BCUT2D eigenvalue weighted by Gasteiger charge is 2.55. The summed E-state index contributed by atoms with van der Waals surface area (Å²) in [5.41, 5.74) is 4.76. The third kappa shape index (κ3) is 6.73. The molecule has 1 amide bonds. The summed E-state index contributed by atoms with van der Waals surface area (Å²) < 4.78 is 16.5. The minimum absolute atomic E-state index is 0.103. The lowest BCUT2D eigenvalue weighted by molar-refractivity contribution is -0.143. The summed E-state index contributed by atoms with van der Waals surface area (Å²) in [5.74, 6) is 0.822. The number of benzene rings is 1. The highest BCUT2D eigenvalue weighted by atomic mass is 16.6. The molecular weight excluding hydrogens is 676 g/mol. The number of ether oxygens (including phenoxy) is 3. The van der Waals surface area contributed by atoms with Gasteiger partial charge in [0.25, 0.3) is 0 Å². The van der Waals surface area contributed by atoms with Crippen molar-refractivity contribution in [3.05, 3.63) is 53.3 Å². The zero-order chi connectivity index (χ0) is 37.1. The number of carbonyl (C=O) groups excluding carboxylic acids is 2. The second-order valence-corrected chi connectivity index (χ2v) is 16.1. The molecule has 0 radical (unpaired) electrons. The maximum atomic E-state index is 12.5. The summed E-state index contributed by atoms with van der Waals surface area (Å²) >= 11 is 0. The van der Waals surface area contributed by atoms with Crippen LogP contribution in [0.5, 0.6) is 11.6 Å². The maximum absolute atomic E-state index is 12.5. The van der Waals surface area contributed by atoms with Gasteiger partial charge in [-0.25, -0.2) is 14.6 Å². The number of fused-ring (bicyclic) bond motifs is 3. The number of aromatic nitrogens is 5. The van der Waals surface area contributed by atoms with E-state index in [9.17, 15) is 14.7 Å². The summed E-state index contributed by atoms with van der Waals surface area (Å²) in [6, 6.07) is 9.52. The largest absolute Gasteiger partial charge is 0.507 e. The summed E-state index contributed by atoms with van der Waals surface area (Å²) in [5, 5.41) is 20.3. The summed E-state index contributed by atoms with van der Waals surface area (Å²) in [6.45, 7) is 11.7. The maximum Gasteiger partial charge on any atom is 0.410 e. The Balaban J connectivity index is 0.959. The predicted octanol–water partition coefficient (Wildman–Crippen LogP) is 5.37. The van der Waals surface area contributed by atoms with Crippen molar-refractivity contribution in [1.82, 2.24) is 34.9 Å². The molecule has 1 saturated carbocycles. The van der Waals surface area contributed by atoms with Crippen LogP contribution >= 0.6 is 0 Å². The number of nitrogens with zero attached hydrogens (tertiary/aromatic N) is 7. The first kappa shape index (κ1) is 35.1. The number of methoxy groups -OCH3 is 1. The van der Waals surface area contributed by atoms with Crippen molar-refractivity contribution in [3.8, 4) is 22.9 Å². The number of hydrogen-bond donors (Lipinski definition) is 2. The number of phenolic OH excluding ortho intramolecular Hbond substituents is 1. The molecule has 3 fully saturated rings. The highest BCUT2D eigenvalue weighted by molar-refractivity contribution is 5.86. The van der Waals surface area contributed by atoms with Crippen molar-refractivity contribution in [1.29, 1.82) is 0 Å². The number of piperidine rings is 1. The van der Waals surface area contributed by atoms with Crippen LogP contribution in [0.25, 0.3) is 22.3 Å². The van der Waals surface area contributed by atoms with Gasteiger partial charge in [0.15, 0.2) is 12.3 Å². The quantitative estimate of drug-likeness (QED) is 0.235. The van der Waals surface area contributed by atoms with Crippen LogP contribution in [-0.2, 0) is 20.7 Å². The molecule has 14 nitrogen and oxygen atoms in total. The van der Waals surface area contributed by atoms with Crippen LogP contribution in [0.3, 0.4) is 0 Å². The topological polar surface area (TPSA) is 159 Å². The highest BCUT2D eigenvalue weighted by Crippen LogP contribution is 2.51. The van der Waals surface area contributed by atoms with E-state index in [1.54, 1.807) is 12.1 Å². The number of hydrogen-bond acceptors (Lipinski definition) is 12. The summed E-state index contributed by atoms with van der Waals surface area (Å²) in [6.07, 6.45) is 6.48. The Hall–Kier alpha value is -4.98. The first-order valence-corrected chi connectivity index (χ1v) is 18.6. The third-order valence-electron chi connectivity index (χ3n) is 11.5. The van der Waals surface area contributed by atoms with E-state index in [1.807, 2.05) is 50.1 Å².